The highest BCUT2D eigenvalue weighted by molar-refractivity contribution is 5.83. The molecule has 0 saturated carbocycles. The third kappa shape index (κ3) is 4.69. The molecule has 1 atom stereocenters. The van der Waals surface area contributed by atoms with Crippen LogP contribution in [0.1, 0.15) is 38.3 Å². The second kappa shape index (κ2) is 8.30. The summed E-state index contributed by atoms with van der Waals surface area (Å²) in [6.07, 6.45) is 5.59. The monoisotopic (exact) mass is 340 g/mol. The van der Waals surface area contributed by atoms with Crippen LogP contribution in [-0.4, -0.2) is 46.3 Å². The van der Waals surface area contributed by atoms with E-state index < -0.39 is 6.04 Å². The van der Waals surface area contributed by atoms with Crippen molar-refractivity contribution in [2.24, 2.45) is 5.92 Å². The number of likely N-dealkylation sites (tertiary alicyclic amines) is 1. The van der Waals surface area contributed by atoms with Gasteiger partial charge < -0.3 is 10.2 Å². The number of hydrogen-bond acceptors (Lipinski definition) is 3. The fourth-order valence-electron chi connectivity index (χ4n) is 3.55. The molecule has 1 aromatic carbocycles. The number of nitrogens with one attached hydrogen (secondary N) is 1. The third-order valence-corrected chi connectivity index (χ3v) is 4.71. The summed E-state index contributed by atoms with van der Waals surface area (Å²) in [6.45, 7) is 7.76. The first kappa shape index (κ1) is 17.7. The average molecular weight is 340 g/mol. The molecule has 0 spiro atoms. The molecule has 1 saturated heterocycles. The Morgan fingerprint density at radius 1 is 1.20 bits per heavy atom. The minimum Gasteiger partial charge on any atom is -0.351 e. The normalized spacial score (nSPS) is 17.6. The molecule has 5 nitrogen and oxygen atoms in total. The molecular formula is C20H28N4O. The van der Waals surface area contributed by atoms with Crippen molar-refractivity contribution in [1.82, 2.24) is 20.0 Å². The lowest BCUT2D eigenvalue weighted by molar-refractivity contribution is -0.124. The van der Waals surface area contributed by atoms with E-state index in [2.05, 4.69) is 29.2 Å². The summed E-state index contributed by atoms with van der Waals surface area (Å²) in [6, 6.07) is 11.5. The molecule has 25 heavy (non-hydrogen) atoms. The van der Waals surface area contributed by atoms with Gasteiger partial charge in [-0.3, -0.25) is 9.48 Å². The molecule has 0 bridgehead atoms. The number of hydrogen-bond donors (Lipinski definition) is 1. The van der Waals surface area contributed by atoms with Crippen LogP contribution >= 0.6 is 0 Å². The predicted octanol–water partition coefficient (Wildman–Crippen LogP) is 2.71. The van der Waals surface area contributed by atoms with Gasteiger partial charge in [-0.2, -0.15) is 5.10 Å². The molecule has 2 aromatic rings. The maximum absolute atomic E-state index is 13.0. The van der Waals surface area contributed by atoms with Crippen molar-refractivity contribution in [2.45, 2.75) is 38.8 Å². The van der Waals surface area contributed by atoms with Crippen molar-refractivity contribution < 1.29 is 4.79 Å². The zero-order valence-corrected chi connectivity index (χ0v) is 15.1. The van der Waals surface area contributed by atoms with Gasteiger partial charge in [-0.15, -0.1) is 0 Å². The fraction of sp³-hybridized carbons (Fsp3) is 0.500. The van der Waals surface area contributed by atoms with Crippen LogP contribution in [-0.2, 0) is 4.79 Å². The van der Waals surface area contributed by atoms with Crippen molar-refractivity contribution >= 4 is 5.91 Å². The Labute approximate surface area is 150 Å². The fourth-order valence-corrected chi connectivity index (χ4v) is 3.55. The lowest BCUT2D eigenvalue weighted by Crippen LogP contribution is -2.47. The first-order valence-corrected chi connectivity index (χ1v) is 9.20. The quantitative estimate of drug-likeness (QED) is 0.880. The second-order valence-corrected chi connectivity index (χ2v) is 7.28. The van der Waals surface area contributed by atoms with Crippen LogP contribution < -0.4 is 5.32 Å². The number of nitrogens with zero attached hydrogens (tertiary/aromatic N) is 3. The van der Waals surface area contributed by atoms with Crippen LogP contribution in [0.4, 0.5) is 0 Å². The van der Waals surface area contributed by atoms with Crippen molar-refractivity contribution in [3.05, 3.63) is 54.4 Å². The molecule has 2 heterocycles. The lowest BCUT2D eigenvalue weighted by Gasteiger charge is -2.34. The summed E-state index contributed by atoms with van der Waals surface area (Å²) in [5, 5.41) is 7.55. The Bertz CT molecular complexity index is 646. The number of amides is 1. The van der Waals surface area contributed by atoms with E-state index >= 15 is 0 Å². The molecule has 1 fully saturated rings. The topological polar surface area (TPSA) is 50.2 Å². The molecule has 1 unspecified atom stereocenters. The Morgan fingerprint density at radius 3 is 2.52 bits per heavy atom. The van der Waals surface area contributed by atoms with E-state index in [0.717, 1.165) is 38.0 Å². The van der Waals surface area contributed by atoms with Crippen LogP contribution in [0.2, 0.25) is 0 Å². The van der Waals surface area contributed by atoms with E-state index in [-0.39, 0.29) is 11.9 Å². The lowest BCUT2D eigenvalue weighted by atomic mass is 10.0. The van der Waals surface area contributed by atoms with Crippen LogP contribution in [0.25, 0.3) is 0 Å². The van der Waals surface area contributed by atoms with E-state index in [1.54, 1.807) is 10.9 Å². The molecule has 1 N–H and O–H groups in total. The predicted molar refractivity (Wildman–Crippen MR) is 99.3 cm³/mol. The standard InChI is InChI=1S/C20H28N4O/c1-16(2)15-23-13-9-18(10-14-23)22-20(25)19(24-12-6-11-21-24)17-7-4-3-5-8-17/h3-8,11-12,16,18-19H,9-10,13-15H2,1-2H3,(H,22,25). The van der Waals surface area contributed by atoms with E-state index in [9.17, 15) is 4.79 Å². The zero-order chi connectivity index (χ0) is 17.6. The van der Waals surface area contributed by atoms with Crippen molar-refractivity contribution in [3.8, 4) is 0 Å². The summed E-state index contributed by atoms with van der Waals surface area (Å²) in [4.78, 5) is 15.5. The first-order valence-electron chi connectivity index (χ1n) is 9.20. The largest absolute Gasteiger partial charge is 0.351 e. The Balaban J connectivity index is 1.64. The van der Waals surface area contributed by atoms with Crippen molar-refractivity contribution in [3.63, 3.8) is 0 Å². The Morgan fingerprint density at radius 2 is 1.92 bits per heavy atom. The van der Waals surface area contributed by atoms with Gasteiger partial charge in [0.15, 0.2) is 6.04 Å². The summed E-state index contributed by atoms with van der Waals surface area (Å²) in [5.74, 6) is 0.714. The number of rotatable bonds is 6. The number of piperidine rings is 1. The SMILES string of the molecule is CC(C)CN1CCC(NC(=O)C(c2ccccc2)n2cccn2)CC1. The third-order valence-electron chi connectivity index (χ3n) is 4.71. The van der Waals surface area contributed by atoms with Crippen molar-refractivity contribution in [2.75, 3.05) is 19.6 Å². The van der Waals surface area contributed by atoms with Gasteiger partial charge in [0.2, 0.25) is 5.91 Å². The highest BCUT2D eigenvalue weighted by Crippen LogP contribution is 2.19. The molecule has 1 aromatic heterocycles. The second-order valence-electron chi connectivity index (χ2n) is 7.28. The van der Waals surface area contributed by atoms with Crippen LogP contribution in [0, 0.1) is 5.92 Å². The zero-order valence-electron chi connectivity index (χ0n) is 15.1. The molecule has 134 valence electrons. The summed E-state index contributed by atoms with van der Waals surface area (Å²) in [7, 11) is 0. The van der Waals surface area contributed by atoms with E-state index in [1.165, 1.54) is 0 Å². The number of benzene rings is 1. The van der Waals surface area contributed by atoms with Crippen LogP contribution in [0.15, 0.2) is 48.8 Å². The van der Waals surface area contributed by atoms with Crippen LogP contribution in [0.5, 0.6) is 0 Å². The number of aromatic nitrogens is 2. The smallest absolute Gasteiger partial charge is 0.249 e. The minimum atomic E-state index is -0.412. The minimum absolute atomic E-state index is 0.0252. The van der Waals surface area contributed by atoms with Crippen molar-refractivity contribution in [1.29, 1.82) is 0 Å². The maximum Gasteiger partial charge on any atom is 0.249 e. The first-order chi connectivity index (χ1) is 12.1. The Hall–Kier alpha value is -2.14. The summed E-state index contributed by atoms with van der Waals surface area (Å²) >= 11 is 0. The van der Waals surface area contributed by atoms with Gasteiger partial charge >= 0.3 is 0 Å². The number of carbonyl (C=O) groups excluding carboxylic acids is 1. The van der Waals surface area contributed by atoms with Gasteiger partial charge in [-0.1, -0.05) is 44.2 Å². The maximum atomic E-state index is 13.0. The molecule has 1 aliphatic heterocycles. The van der Waals surface area contributed by atoms with Gasteiger partial charge in [-0.25, -0.2) is 0 Å². The molecule has 0 aliphatic carbocycles. The Kier molecular flexibility index (Phi) is 5.87. The molecule has 0 radical (unpaired) electrons. The average Bonchev–Trinajstić information content (AvgIpc) is 3.11. The molecule has 1 amide bonds. The molecule has 1 aliphatic rings. The highest BCUT2D eigenvalue weighted by Gasteiger charge is 2.27. The van der Waals surface area contributed by atoms with Crippen LogP contribution in [0.3, 0.4) is 0 Å². The highest BCUT2D eigenvalue weighted by atomic mass is 16.2. The van der Waals surface area contributed by atoms with E-state index in [1.807, 2.05) is 42.6 Å². The van der Waals surface area contributed by atoms with Gasteiger partial charge in [0, 0.05) is 38.1 Å². The van der Waals surface area contributed by atoms with E-state index in [4.69, 9.17) is 0 Å². The van der Waals surface area contributed by atoms with Gasteiger partial charge in [-0.05, 0) is 30.4 Å². The molecule has 3 rings (SSSR count). The van der Waals surface area contributed by atoms with Gasteiger partial charge in [0.1, 0.15) is 0 Å². The number of carbonyl (C=O) groups is 1. The van der Waals surface area contributed by atoms with Gasteiger partial charge in [0.25, 0.3) is 0 Å². The van der Waals surface area contributed by atoms with Gasteiger partial charge in [0.05, 0.1) is 0 Å². The summed E-state index contributed by atoms with van der Waals surface area (Å²) < 4.78 is 1.73. The summed E-state index contributed by atoms with van der Waals surface area (Å²) in [5.41, 5.74) is 0.959. The molecule has 5 heteroatoms. The molecular weight excluding hydrogens is 312 g/mol. The van der Waals surface area contributed by atoms with E-state index in [0.29, 0.717) is 5.92 Å².